The van der Waals surface area contributed by atoms with Crippen molar-refractivity contribution in [3.8, 4) is 0 Å². The van der Waals surface area contributed by atoms with Gasteiger partial charge in [-0.05, 0) is 42.8 Å². The van der Waals surface area contributed by atoms with Crippen molar-refractivity contribution in [2.75, 3.05) is 5.32 Å². The summed E-state index contributed by atoms with van der Waals surface area (Å²) in [6.07, 6.45) is 0. The molecule has 0 atom stereocenters. The average Bonchev–Trinajstić information content (AvgIpc) is 2.58. The number of nitrogens with zero attached hydrogens (tertiary/aromatic N) is 3. The highest BCUT2D eigenvalue weighted by atomic mass is 35.5. The van der Waals surface area contributed by atoms with E-state index in [4.69, 9.17) is 11.6 Å². The van der Waals surface area contributed by atoms with Crippen LogP contribution in [0.2, 0.25) is 5.28 Å². The maximum Gasteiger partial charge on any atom is 0.231 e. The molecule has 0 saturated heterocycles. The SMILES string of the molecule is C=CS(=O)(=O)c1ccc(Nc2nc(C)nc(Cl)n2)cc1.CC.CC. The van der Waals surface area contributed by atoms with Crippen molar-refractivity contribution < 1.29 is 8.42 Å². The lowest BCUT2D eigenvalue weighted by Gasteiger charge is -2.06. The fourth-order valence-corrected chi connectivity index (χ4v) is 2.37. The maximum absolute atomic E-state index is 11.6. The Morgan fingerprint density at radius 3 is 2.04 bits per heavy atom. The number of hydrogen-bond acceptors (Lipinski definition) is 6. The van der Waals surface area contributed by atoms with Crippen LogP contribution in [0.5, 0.6) is 0 Å². The molecule has 0 aliphatic rings. The third-order valence-corrected chi connectivity index (χ3v) is 3.92. The summed E-state index contributed by atoms with van der Waals surface area (Å²) in [5.74, 6) is 0.778. The Hall–Kier alpha value is -1.99. The molecule has 132 valence electrons. The molecule has 0 unspecified atom stereocenters. The molecule has 0 fully saturated rings. The van der Waals surface area contributed by atoms with E-state index in [2.05, 4.69) is 26.8 Å². The first kappa shape index (κ1) is 22.0. The molecule has 1 aromatic carbocycles. The summed E-state index contributed by atoms with van der Waals surface area (Å²) in [5.41, 5.74) is 0.634. The van der Waals surface area contributed by atoms with Gasteiger partial charge in [0, 0.05) is 11.1 Å². The second kappa shape index (κ2) is 10.7. The van der Waals surface area contributed by atoms with E-state index in [0.29, 0.717) is 17.5 Å². The third kappa shape index (κ3) is 6.64. The Balaban J connectivity index is 0.00000123. The quantitative estimate of drug-likeness (QED) is 0.849. The van der Waals surface area contributed by atoms with Crippen LogP contribution in [0.4, 0.5) is 11.6 Å². The number of halogens is 1. The molecule has 1 aromatic heterocycles. The monoisotopic (exact) mass is 370 g/mol. The molecule has 0 bridgehead atoms. The van der Waals surface area contributed by atoms with Gasteiger partial charge in [0.05, 0.1) is 4.90 Å². The minimum Gasteiger partial charge on any atom is -0.324 e. The maximum atomic E-state index is 11.6. The van der Waals surface area contributed by atoms with Crippen LogP contribution >= 0.6 is 11.6 Å². The number of sulfone groups is 1. The Kier molecular flexibility index (Phi) is 9.83. The molecule has 0 spiro atoms. The van der Waals surface area contributed by atoms with Crippen LogP contribution in [0.15, 0.2) is 41.1 Å². The van der Waals surface area contributed by atoms with Gasteiger partial charge in [0.1, 0.15) is 5.82 Å². The largest absolute Gasteiger partial charge is 0.324 e. The van der Waals surface area contributed by atoms with Crippen molar-refractivity contribution in [3.63, 3.8) is 0 Å². The van der Waals surface area contributed by atoms with Gasteiger partial charge in [0.2, 0.25) is 11.2 Å². The van der Waals surface area contributed by atoms with Crippen LogP contribution < -0.4 is 5.32 Å². The predicted octanol–water partition coefficient (Wildman–Crippen LogP) is 4.55. The number of rotatable bonds is 4. The normalized spacial score (nSPS) is 9.75. The average molecular weight is 371 g/mol. The second-order valence-corrected chi connectivity index (χ2v) is 6.07. The fourth-order valence-electron chi connectivity index (χ4n) is 1.46. The van der Waals surface area contributed by atoms with Gasteiger partial charge < -0.3 is 5.32 Å². The van der Waals surface area contributed by atoms with Crippen molar-refractivity contribution in [2.24, 2.45) is 0 Å². The highest BCUT2D eigenvalue weighted by Crippen LogP contribution is 2.18. The van der Waals surface area contributed by atoms with Crippen LogP contribution in [0.3, 0.4) is 0 Å². The summed E-state index contributed by atoms with van der Waals surface area (Å²) in [5, 5.41) is 3.91. The van der Waals surface area contributed by atoms with Crippen molar-refractivity contribution >= 4 is 33.1 Å². The first-order valence-electron chi connectivity index (χ1n) is 7.53. The molecule has 24 heavy (non-hydrogen) atoms. The Morgan fingerprint density at radius 1 is 1.04 bits per heavy atom. The predicted molar refractivity (Wildman–Crippen MR) is 99.4 cm³/mol. The van der Waals surface area contributed by atoms with E-state index in [1.54, 1.807) is 19.1 Å². The first-order valence-corrected chi connectivity index (χ1v) is 9.46. The van der Waals surface area contributed by atoms with Crippen molar-refractivity contribution in [1.29, 1.82) is 0 Å². The molecule has 8 heteroatoms. The zero-order valence-corrected chi connectivity index (χ0v) is 16.1. The Bertz CT molecular complexity index is 727. The zero-order valence-electron chi connectivity index (χ0n) is 14.5. The molecular formula is C16H23ClN4O2S. The second-order valence-electron chi connectivity index (χ2n) is 3.84. The lowest BCUT2D eigenvalue weighted by Crippen LogP contribution is -2.01. The summed E-state index contributed by atoms with van der Waals surface area (Å²) < 4.78 is 23.1. The molecule has 0 radical (unpaired) electrons. The molecule has 2 aromatic rings. The van der Waals surface area contributed by atoms with E-state index in [1.807, 2.05) is 27.7 Å². The minimum absolute atomic E-state index is 0.0888. The molecule has 0 aliphatic heterocycles. The molecule has 0 saturated carbocycles. The van der Waals surface area contributed by atoms with Gasteiger partial charge in [-0.25, -0.2) is 13.4 Å². The van der Waals surface area contributed by atoms with E-state index in [-0.39, 0.29) is 10.2 Å². The van der Waals surface area contributed by atoms with E-state index in [9.17, 15) is 8.42 Å². The highest BCUT2D eigenvalue weighted by Gasteiger charge is 2.09. The standard InChI is InChI=1S/C12H11ClN4O2S.2C2H6/c1-3-20(18,19)10-6-4-9(5-7-10)16-12-15-8(2)14-11(13)17-12;2*1-2/h3-7H,1H2,2H3,(H,14,15,16,17);2*1-2H3. The highest BCUT2D eigenvalue weighted by molar-refractivity contribution is 7.94. The first-order chi connectivity index (χ1) is 11.4. The van der Waals surface area contributed by atoms with E-state index in [0.717, 1.165) is 5.41 Å². The van der Waals surface area contributed by atoms with Gasteiger partial charge in [-0.1, -0.05) is 34.3 Å². The van der Waals surface area contributed by atoms with E-state index < -0.39 is 9.84 Å². The topological polar surface area (TPSA) is 84.8 Å². The third-order valence-electron chi connectivity index (χ3n) is 2.38. The number of anilines is 2. The van der Waals surface area contributed by atoms with Crippen LogP contribution in [0, 0.1) is 6.92 Å². The lowest BCUT2D eigenvalue weighted by molar-refractivity contribution is 0.605. The van der Waals surface area contributed by atoms with Crippen LogP contribution in [0.1, 0.15) is 33.5 Å². The number of aryl methyl sites for hydroxylation is 1. The molecular weight excluding hydrogens is 348 g/mol. The number of hydrogen-bond donors (Lipinski definition) is 1. The van der Waals surface area contributed by atoms with Crippen LogP contribution in [-0.2, 0) is 9.84 Å². The number of benzene rings is 1. The van der Waals surface area contributed by atoms with E-state index in [1.165, 1.54) is 12.1 Å². The molecule has 6 nitrogen and oxygen atoms in total. The van der Waals surface area contributed by atoms with Crippen LogP contribution in [-0.4, -0.2) is 23.4 Å². The molecule has 0 aliphatic carbocycles. The molecule has 0 amide bonds. The van der Waals surface area contributed by atoms with Crippen molar-refractivity contribution in [2.45, 2.75) is 39.5 Å². The minimum atomic E-state index is -3.43. The fraction of sp³-hybridized carbons (Fsp3) is 0.312. The van der Waals surface area contributed by atoms with Gasteiger partial charge in [0.25, 0.3) is 0 Å². The van der Waals surface area contributed by atoms with Crippen LogP contribution in [0.25, 0.3) is 0 Å². The van der Waals surface area contributed by atoms with E-state index >= 15 is 0 Å². The van der Waals surface area contributed by atoms with Gasteiger partial charge in [-0.2, -0.15) is 9.97 Å². The van der Waals surface area contributed by atoms with Crippen molar-refractivity contribution in [1.82, 2.24) is 15.0 Å². The van der Waals surface area contributed by atoms with Crippen molar-refractivity contribution in [3.05, 3.63) is 47.4 Å². The zero-order chi connectivity index (χ0) is 18.8. The van der Waals surface area contributed by atoms with Gasteiger partial charge in [-0.3, -0.25) is 0 Å². The molecule has 2 rings (SSSR count). The summed E-state index contributed by atoms with van der Waals surface area (Å²) in [6, 6.07) is 6.14. The summed E-state index contributed by atoms with van der Waals surface area (Å²) in [4.78, 5) is 12.0. The Morgan fingerprint density at radius 2 is 1.58 bits per heavy atom. The van der Waals surface area contributed by atoms with Gasteiger partial charge >= 0.3 is 0 Å². The summed E-state index contributed by atoms with van der Waals surface area (Å²) in [6.45, 7) is 13.0. The smallest absolute Gasteiger partial charge is 0.231 e. The summed E-state index contributed by atoms with van der Waals surface area (Å²) >= 11 is 5.73. The summed E-state index contributed by atoms with van der Waals surface area (Å²) in [7, 11) is -3.43. The Labute approximate surface area is 149 Å². The molecule has 1 N–H and O–H groups in total. The number of nitrogens with one attached hydrogen (secondary N) is 1. The number of aromatic nitrogens is 3. The van der Waals surface area contributed by atoms with Gasteiger partial charge in [-0.15, -0.1) is 0 Å². The lowest BCUT2D eigenvalue weighted by atomic mass is 10.3. The molecule has 1 heterocycles. The van der Waals surface area contributed by atoms with Gasteiger partial charge in [0.15, 0.2) is 9.84 Å².